The lowest BCUT2D eigenvalue weighted by Gasteiger charge is -2.18. The summed E-state index contributed by atoms with van der Waals surface area (Å²) in [7, 11) is 0. The zero-order chi connectivity index (χ0) is 21.6. The van der Waals surface area contributed by atoms with E-state index in [1.165, 1.54) is 36.4 Å². The Balaban J connectivity index is 2.42. The van der Waals surface area contributed by atoms with E-state index in [1.807, 2.05) is 0 Å². The molecule has 0 saturated carbocycles. The van der Waals surface area contributed by atoms with Crippen molar-refractivity contribution in [2.24, 2.45) is 0 Å². The molecule has 0 radical (unpaired) electrons. The SMILES string of the molecule is Cc1nc2c(OC(F)(F)F)cccc2c(-c2ccc(Cl)cc2)c1C(=O)C(F)(F)F. The zero-order valence-electron chi connectivity index (χ0n) is 14.5. The van der Waals surface area contributed by atoms with Crippen LogP contribution in [-0.2, 0) is 0 Å². The smallest absolute Gasteiger partial charge is 0.403 e. The molecule has 2 aromatic carbocycles. The Morgan fingerprint density at radius 1 is 1.00 bits per heavy atom. The Kier molecular flexibility index (Phi) is 5.20. The number of ether oxygens (including phenoxy) is 1. The van der Waals surface area contributed by atoms with Crippen LogP contribution in [0.3, 0.4) is 0 Å². The van der Waals surface area contributed by atoms with Gasteiger partial charge in [0, 0.05) is 21.7 Å². The summed E-state index contributed by atoms with van der Waals surface area (Å²) >= 11 is 5.82. The number of aromatic nitrogens is 1. The number of carbonyl (C=O) groups excluding carboxylic acids is 1. The van der Waals surface area contributed by atoms with Crippen LogP contribution in [0.25, 0.3) is 22.0 Å². The fourth-order valence-corrected chi connectivity index (χ4v) is 3.05. The number of halogens is 7. The van der Waals surface area contributed by atoms with Crippen molar-refractivity contribution in [2.75, 3.05) is 0 Å². The fraction of sp³-hybridized carbons (Fsp3) is 0.158. The van der Waals surface area contributed by atoms with Crippen LogP contribution in [0.1, 0.15) is 16.1 Å². The molecule has 0 spiro atoms. The van der Waals surface area contributed by atoms with Gasteiger partial charge in [-0.05, 0) is 30.7 Å². The Morgan fingerprint density at radius 2 is 1.62 bits per heavy atom. The molecule has 152 valence electrons. The molecule has 1 aromatic heterocycles. The lowest BCUT2D eigenvalue weighted by molar-refractivity contribution is -0.274. The van der Waals surface area contributed by atoms with Crippen molar-refractivity contribution in [3.63, 3.8) is 0 Å². The molecule has 10 heteroatoms. The van der Waals surface area contributed by atoms with Crippen LogP contribution in [0.4, 0.5) is 26.3 Å². The normalized spacial score (nSPS) is 12.3. The number of ketones is 1. The van der Waals surface area contributed by atoms with Gasteiger partial charge >= 0.3 is 12.5 Å². The van der Waals surface area contributed by atoms with Gasteiger partial charge in [-0.3, -0.25) is 4.79 Å². The van der Waals surface area contributed by atoms with Gasteiger partial charge in [0.1, 0.15) is 5.52 Å². The van der Waals surface area contributed by atoms with Crippen LogP contribution >= 0.6 is 11.6 Å². The van der Waals surface area contributed by atoms with Gasteiger partial charge in [0.15, 0.2) is 5.75 Å². The van der Waals surface area contributed by atoms with E-state index in [1.54, 1.807) is 0 Å². The van der Waals surface area contributed by atoms with Gasteiger partial charge in [0.2, 0.25) is 0 Å². The molecule has 0 unspecified atom stereocenters. The van der Waals surface area contributed by atoms with Gasteiger partial charge in [-0.2, -0.15) is 13.2 Å². The predicted molar refractivity (Wildman–Crippen MR) is 94.0 cm³/mol. The second-order valence-corrected chi connectivity index (χ2v) is 6.42. The Labute approximate surface area is 164 Å². The maximum absolute atomic E-state index is 13.2. The number of fused-ring (bicyclic) bond motifs is 1. The minimum absolute atomic E-state index is 0.104. The minimum Gasteiger partial charge on any atom is -0.403 e. The highest BCUT2D eigenvalue weighted by molar-refractivity contribution is 6.30. The first-order valence-corrected chi connectivity index (χ1v) is 8.33. The number of hydrogen-bond acceptors (Lipinski definition) is 3. The summed E-state index contributed by atoms with van der Waals surface area (Å²) in [4.78, 5) is 15.9. The molecule has 0 amide bonds. The quantitative estimate of drug-likeness (QED) is 0.349. The van der Waals surface area contributed by atoms with Gasteiger partial charge in [-0.1, -0.05) is 35.9 Å². The van der Waals surface area contributed by atoms with Gasteiger partial charge in [-0.25, -0.2) is 4.98 Å². The van der Waals surface area contributed by atoms with E-state index >= 15 is 0 Å². The topological polar surface area (TPSA) is 39.2 Å². The molecule has 29 heavy (non-hydrogen) atoms. The minimum atomic E-state index is -5.21. The zero-order valence-corrected chi connectivity index (χ0v) is 15.2. The summed E-state index contributed by atoms with van der Waals surface area (Å²) in [6.45, 7) is 1.11. The summed E-state index contributed by atoms with van der Waals surface area (Å²) in [6.07, 6.45) is -10.2. The Morgan fingerprint density at radius 3 is 2.17 bits per heavy atom. The molecule has 3 nitrogen and oxygen atoms in total. The first-order valence-electron chi connectivity index (χ1n) is 7.95. The summed E-state index contributed by atoms with van der Waals surface area (Å²) in [5, 5.41) is 0.181. The summed E-state index contributed by atoms with van der Waals surface area (Å²) in [6, 6.07) is 8.91. The molecule has 0 aliphatic rings. The average molecular weight is 434 g/mol. The second kappa shape index (κ2) is 7.22. The van der Waals surface area contributed by atoms with E-state index < -0.39 is 29.6 Å². The Bertz CT molecular complexity index is 1090. The third kappa shape index (κ3) is 4.29. The van der Waals surface area contributed by atoms with Gasteiger partial charge in [0.25, 0.3) is 5.78 Å². The first kappa shape index (κ1) is 20.9. The number of hydrogen-bond donors (Lipinski definition) is 0. The lowest BCUT2D eigenvalue weighted by atomic mass is 9.91. The molecular weight excluding hydrogens is 424 g/mol. The van der Waals surface area contributed by atoms with Crippen molar-refractivity contribution >= 4 is 28.3 Å². The lowest BCUT2D eigenvalue weighted by Crippen LogP contribution is -2.25. The van der Waals surface area contributed by atoms with Crippen molar-refractivity contribution in [1.29, 1.82) is 0 Å². The molecular formula is C19H10ClF6NO2. The first-order chi connectivity index (χ1) is 13.4. The number of nitrogens with zero attached hydrogens (tertiary/aromatic N) is 1. The molecule has 0 saturated heterocycles. The van der Waals surface area contributed by atoms with Crippen molar-refractivity contribution in [2.45, 2.75) is 19.5 Å². The molecule has 0 fully saturated rings. The van der Waals surface area contributed by atoms with Crippen molar-refractivity contribution < 1.29 is 35.9 Å². The number of aryl methyl sites for hydroxylation is 1. The molecule has 1 heterocycles. The summed E-state index contributed by atoms with van der Waals surface area (Å²) in [5.74, 6) is -2.85. The standard InChI is InChI=1S/C19H10ClF6NO2/c1-9-14(17(28)18(21,22)23)15(10-5-7-11(20)8-6-10)12-3-2-4-13(16(12)27-9)29-19(24,25)26/h2-8H,1H3. The molecule has 0 atom stereocenters. The van der Waals surface area contributed by atoms with Crippen LogP contribution in [0.5, 0.6) is 5.75 Å². The number of benzene rings is 2. The van der Waals surface area contributed by atoms with Crippen molar-refractivity contribution in [1.82, 2.24) is 4.98 Å². The maximum Gasteiger partial charge on any atom is 0.573 e. The number of Topliss-reactive ketones (excluding diaryl/α,β-unsaturated/α-hetero) is 1. The number of alkyl halides is 6. The average Bonchev–Trinajstić information content (AvgIpc) is 2.59. The molecule has 0 bridgehead atoms. The maximum atomic E-state index is 13.2. The number of carbonyl (C=O) groups is 1. The van der Waals surface area contributed by atoms with Crippen LogP contribution in [-0.4, -0.2) is 23.3 Å². The van der Waals surface area contributed by atoms with E-state index in [4.69, 9.17) is 11.6 Å². The van der Waals surface area contributed by atoms with Crippen molar-refractivity contribution in [3.05, 3.63) is 58.7 Å². The summed E-state index contributed by atoms with van der Waals surface area (Å²) in [5.41, 5.74) is -1.52. The van der Waals surface area contributed by atoms with E-state index in [0.717, 1.165) is 13.0 Å². The van der Waals surface area contributed by atoms with Crippen LogP contribution in [0.15, 0.2) is 42.5 Å². The second-order valence-electron chi connectivity index (χ2n) is 5.98. The van der Waals surface area contributed by atoms with E-state index in [2.05, 4.69) is 9.72 Å². The van der Waals surface area contributed by atoms with Crippen LogP contribution in [0, 0.1) is 6.92 Å². The highest BCUT2D eigenvalue weighted by Gasteiger charge is 2.42. The number of rotatable bonds is 3. The van der Waals surface area contributed by atoms with Crippen LogP contribution < -0.4 is 4.74 Å². The molecule has 0 N–H and O–H groups in total. The largest absolute Gasteiger partial charge is 0.573 e. The predicted octanol–water partition coefficient (Wildman–Crippen LogP) is 6.51. The van der Waals surface area contributed by atoms with E-state index in [-0.39, 0.29) is 32.7 Å². The summed E-state index contributed by atoms with van der Waals surface area (Å²) < 4.78 is 81.8. The number of pyridine rings is 1. The fourth-order valence-electron chi connectivity index (χ4n) is 2.92. The van der Waals surface area contributed by atoms with Gasteiger partial charge in [-0.15, -0.1) is 13.2 Å². The molecule has 3 rings (SSSR count). The third-order valence-electron chi connectivity index (χ3n) is 4.00. The van der Waals surface area contributed by atoms with Gasteiger partial charge < -0.3 is 4.74 Å². The monoisotopic (exact) mass is 433 g/mol. The molecule has 0 aliphatic carbocycles. The van der Waals surface area contributed by atoms with Gasteiger partial charge in [0.05, 0.1) is 5.56 Å². The molecule has 3 aromatic rings. The van der Waals surface area contributed by atoms with Crippen molar-refractivity contribution in [3.8, 4) is 16.9 Å². The number of para-hydroxylation sites is 1. The highest BCUT2D eigenvalue weighted by atomic mass is 35.5. The Hall–Kier alpha value is -2.81. The highest BCUT2D eigenvalue weighted by Crippen LogP contribution is 2.40. The molecule has 0 aliphatic heterocycles. The third-order valence-corrected chi connectivity index (χ3v) is 4.25. The van der Waals surface area contributed by atoms with E-state index in [0.29, 0.717) is 0 Å². The van der Waals surface area contributed by atoms with Crippen LogP contribution in [0.2, 0.25) is 5.02 Å². The van der Waals surface area contributed by atoms with E-state index in [9.17, 15) is 31.1 Å².